The molecule has 21 heavy (non-hydrogen) atoms. The molecule has 1 aliphatic carbocycles. The number of hydrogen-bond acceptors (Lipinski definition) is 3. The number of rotatable bonds is 2. The summed E-state index contributed by atoms with van der Waals surface area (Å²) in [5.41, 5.74) is 1.47. The average molecular weight is 290 g/mol. The lowest BCUT2D eigenvalue weighted by Gasteiger charge is -2.45. The summed E-state index contributed by atoms with van der Waals surface area (Å²) in [5, 5.41) is 22.5. The summed E-state index contributed by atoms with van der Waals surface area (Å²) in [4.78, 5) is 13.9. The van der Waals surface area contributed by atoms with Crippen LogP contribution in [0, 0.1) is 5.92 Å². The van der Waals surface area contributed by atoms with Crippen LogP contribution in [0.2, 0.25) is 0 Å². The Morgan fingerprint density at radius 2 is 2.10 bits per heavy atom. The summed E-state index contributed by atoms with van der Waals surface area (Å²) in [7, 11) is 0. The molecule has 1 fully saturated rings. The van der Waals surface area contributed by atoms with Crippen molar-refractivity contribution < 1.29 is 15.0 Å². The highest BCUT2D eigenvalue weighted by Gasteiger charge is 2.40. The number of phenols is 1. The van der Waals surface area contributed by atoms with Crippen LogP contribution in [0.5, 0.6) is 5.75 Å². The number of aliphatic hydroxyl groups is 1. The smallest absolute Gasteiger partial charge is 0.317 e. The maximum absolute atomic E-state index is 12.2. The van der Waals surface area contributed by atoms with Crippen LogP contribution < -0.4 is 5.32 Å². The van der Waals surface area contributed by atoms with Gasteiger partial charge in [-0.2, -0.15) is 0 Å². The summed E-state index contributed by atoms with van der Waals surface area (Å²) >= 11 is 0. The van der Waals surface area contributed by atoms with Crippen molar-refractivity contribution in [3.05, 3.63) is 29.3 Å². The van der Waals surface area contributed by atoms with Gasteiger partial charge in [0.1, 0.15) is 5.75 Å². The first-order valence-electron chi connectivity index (χ1n) is 7.44. The Hall–Kier alpha value is -1.75. The molecule has 0 bridgehead atoms. The van der Waals surface area contributed by atoms with Crippen LogP contribution in [0.4, 0.5) is 4.79 Å². The third-order valence-electron chi connectivity index (χ3n) is 4.67. The zero-order chi connectivity index (χ0) is 15.2. The van der Waals surface area contributed by atoms with Gasteiger partial charge in [0.2, 0.25) is 0 Å². The Bertz CT molecular complexity index is 559. The summed E-state index contributed by atoms with van der Waals surface area (Å²) in [5.74, 6) is 0.379. The number of phenolic OH excluding ortho intramolecular Hbond substituents is 1. The highest BCUT2D eigenvalue weighted by Crippen LogP contribution is 2.34. The van der Waals surface area contributed by atoms with Gasteiger partial charge in [-0.05, 0) is 49.9 Å². The zero-order valence-corrected chi connectivity index (χ0v) is 12.5. The number of fused-ring (bicyclic) bond motifs is 1. The van der Waals surface area contributed by atoms with E-state index in [9.17, 15) is 15.0 Å². The number of carbonyl (C=O) groups is 1. The number of nitrogens with zero attached hydrogens (tertiary/aromatic N) is 1. The molecule has 1 saturated heterocycles. The first kappa shape index (κ1) is 14.2. The van der Waals surface area contributed by atoms with Crippen molar-refractivity contribution in [2.45, 2.75) is 38.3 Å². The summed E-state index contributed by atoms with van der Waals surface area (Å²) in [6.07, 6.45) is 1.79. The molecule has 3 N–H and O–H groups in total. The number of urea groups is 1. The maximum Gasteiger partial charge on any atom is 0.317 e. The minimum atomic E-state index is -0.734. The average Bonchev–Trinajstić information content (AvgIpc) is 2.68. The summed E-state index contributed by atoms with van der Waals surface area (Å²) in [6.45, 7) is 4.75. The minimum absolute atomic E-state index is 0.0270. The first-order valence-corrected chi connectivity index (χ1v) is 7.44. The number of aryl methyl sites for hydroxylation is 1. The largest absolute Gasteiger partial charge is 0.508 e. The van der Waals surface area contributed by atoms with E-state index in [4.69, 9.17) is 0 Å². The molecule has 0 radical (unpaired) electrons. The quantitative estimate of drug-likeness (QED) is 0.777. The molecule has 5 heteroatoms. The number of amides is 2. The van der Waals surface area contributed by atoms with Crippen molar-refractivity contribution in [2.24, 2.45) is 5.92 Å². The van der Waals surface area contributed by atoms with Gasteiger partial charge in [0.25, 0.3) is 0 Å². The van der Waals surface area contributed by atoms with Gasteiger partial charge in [0.05, 0.1) is 11.6 Å². The van der Waals surface area contributed by atoms with Crippen molar-refractivity contribution in [1.29, 1.82) is 0 Å². The van der Waals surface area contributed by atoms with E-state index >= 15 is 0 Å². The van der Waals surface area contributed by atoms with Gasteiger partial charge in [-0.15, -0.1) is 0 Å². The monoisotopic (exact) mass is 290 g/mol. The van der Waals surface area contributed by atoms with Crippen molar-refractivity contribution in [3.8, 4) is 5.75 Å². The predicted octanol–water partition coefficient (Wildman–Crippen LogP) is 1.79. The van der Waals surface area contributed by atoms with Gasteiger partial charge >= 0.3 is 6.03 Å². The normalized spacial score (nSPS) is 21.9. The van der Waals surface area contributed by atoms with Crippen LogP contribution in [0.3, 0.4) is 0 Å². The molecule has 0 aromatic heterocycles. The van der Waals surface area contributed by atoms with Crippen LogP contribution >= 0.6 is 0 Å². The number of hydrogen-bond donors (Lipinski definition) is 3. The fourth-order valence-corrected chi connectivity index (χ4v) is 3.07. The number of likely N-dealkylation sites (tertiary alicyclic amines) is 1. The van der Waals surface area contributed by atoms with Crippen LogP contribution in [-0.4, -0.2) is 39.8 Å². The van der Waals surface area contributed by atoms with Crippen LogP contribution in [0.25, 0.3) is 0 Å². The van der Waals surface area contributed by atoms with E-state index < -0.39 is 5.60 Å². The van der Waals surface area contributed by atoms with E-state index in [2.05, 4.69) is 5.32 Å². The second-order valence-corrected chi connectivity index (χ2v) is 6.68. The molecule has 2 aliphatic rings. The fraction of sp³-hybridized carbons (Fsp3) is 0.562. The van der Waals surface area contributed by atoms with E-state index in [1.165, 1.54) is 5.56 Å². The van der Waals surface area contributed by atoms with Crippen LogP contribution in [0.1, 0.15) is 37.4 Å². The van der Waals surface area contributed by atoms with E-state index in [1.54, 1.807) is 30.9 Å². The van der Waals surface area contributed by atoms with Gasteiger partial charge in [-0.1, -0.05) is 6.07 Å². The zero-order valence-electron chi connectivity index (χ0n) is 12.5. The topological polar surface area (TPSA) is 72.8 Å². The molecule has 0 saturated carbocycles. The molecule has 5 nitrogen and oxygen atoms in total. The molecule has 114 valence electrons. The number of carbonyl (C=O) groups excluding carboxylic acids is 1. The molecule has 1 heterocycles. The molecule has 2 amide bonds. The third kappa shape index (κ3) is 2.70. The van der Waals surface area contributed by atoms with Gasteiger partial charge in [0.15, 0.2) is 0 Å². The number of aromatic hydroxyl groups is 1. The molecular weight excluding hydrogens is 268 g/mol. The van der Waals surface area contributed by atoms with E-state index in [0.717, 1.165) is 18.4 Å². The van der Waals surface area contributed by atoms with Crippen molar-refractivity contribution >= 4 is 6.03 Å². The Kier molecular flexibility index (Phi) is 3.32. The molecule has 1 aromatic carbocycles. The summed E-state index contributed by atoms with van der Waals surface area (Å²) < 4.78 is 0. The third-order valence-corrected chi connectivity index (χ3v) is 4.67. The fourth-order valence-electron chi connectivity index (χ4n) is 3.07. The predicted molar refractivity (Wildman–Crippen MR) is 79.1 cm³/mol. The first-order chi connectivity index (χ1) is 9.84. The Labute approximate surface area is 124 Å². The van der Waals surface area contributed by atoms with Gasteiger partial charge in [-0.25, -0.2) is 4.79 Å². The lowest BCUT2D eigenvalue weighted by molar-refractivity contribution is -0.0460. The molecule has 1 aliphatic heterocycles. The standard InChI is InChI=1S/C16H22N2O3/c1-16(2,21)11-8-18(9-11)15(20)17-14-6-4-10-3-5-12(19)7-13(10)14/h3,5,7,11,14,19,21H,4,6,8-9H2,1-2H3,(H,17,20). The molecule has 1 atom stereocenters. The van der Waals surface area contributed by atoms with Crippen LogP contribution in [0.15, 0.2) is 18.2 Å². The molecule has 1 unspecified atom stereocenters. The van der Waals surface area contributed by atoms with Crippen molar-refractivity contribution in [1.82, 2.24) is 10.2 Å². The highest BCUT2D eigenvalue weighted by atomic mass is 16.3. The van der Waals surface area contributed by atoms with E-state index in [1.807, 2.05) is 6.07 Å². The molecule has 0 spiro atoms. The second-order valence-electron chi connectivity index (χ2n) is 6.68. The van der Waals surface area contributed by atoms with E-state index in [0.29, 0.717) is 13.1 Å². The lowest BCUT2D eigenvalue weighted by atomic mass is 9.85. The van der Waals surface area contributed by atoms with E-state index in [-0.39, 0.29) is 23.7 Å². The Morgan fingerprint density at radius 3 is 2.76 bits per heavy atom. The summed E-state index contributed by atoms with van der Waals surface area (Å²) in [6, 6.07) is 5.23. The SMILES string of the molecule is CC(C)(O)C1CN(C(=O)NC2CCc3ccc(O)cc32)C1. The molecule has 3 rings (SSSR count). The minimum Gasteiger partial charge on any atom is -0.508 e. The van der Waals surface area contributed by atoms with Crippen molar-refractivity contribution in [2.75, 3.05) is 13.1 Å². The maximum atomic E-state index is 12.2. The second kappa shape index (κ2) is 4.91. The molecule has 1 aromatic rings. The number of nitrogens with one attached hydrogen (secondary N) is 1. The van der Waals surface area contributed by atoms with Crippen LogP contribution in [-0.2, 0) is 6.42 Å². The molecular formula is C16H22N2O3. The van der Waals surface area contributed by atoms with Gasteiger partial charge in [0, 0.05) is 19.0 Å². The Balaban J connectivity index is 1.60. The van der Waals surface area contributed by atoms with Gasteiger partial charge in [-0.3, -0.25) is 0 Å². The lowest BCUT2D eigenvalue weighted by Crippen LogP contribution is -2.60. The Morgan fingerprint density at radius 1 is 1.38 bits per heavy atom. The number of benzene rings is 1. The van der Waals surface area contributed by atoms with Gasteiger partial charge < -0.3 is 20.4 Å². The highest BCUT2D eigenvalue weighted by molar-refractivity contribution is 5.76. The van der Waals surface area contributed by atoms with Crippen molar-refractivity contribution in [3.63, 3.8) is 0 Å².